The molecule has 0 bridgehead atoms. The van der Waals surface area contributed by atoms with Gasteiger partial charge in [-0.2, -0.15) is 4.98 Å². The molecule has 2 N–H and O–H groups in total. The average molecular weight is 185 g/mol. The number of rotatable bonds is 5. The van der Waals surface area contributed by atoms with Gasteiger partial charge >= 0.3 is 0 Å². The van der Waals surface area contributed by atoms with Gasteiger partial charge in [0.25, 0.3) is 0 Å². The van der Waals surface area contributed by atoms with Crippen molar-refractivity contribution in [1.82, 2.24) is 10.1 Å². The van der Waals surface area contributed by atoms with Gasteiger partial charge in [0.2, 0.25) is 5.89 Å². The molecule has 0 saturated heterocycles. The molecule has 1 heterocycles. The molecule has 0 fully saturated rings. The second-order valence-electron chi connectivity index (χ2n) is 2.91. The standard InChI is InChI=1S/C8H15N3O2/c1-3-6(9)4-8-10-7(5-12-2)11-13-8/h6H,3-5,9H2,1-2H3. The molecule has 0 aromatic carbocycles. The van der Waals surface area contributed by atoms with E-state index in [0.717, 1.165) is 6.42 Å². The molecular formula is C8H15N3O2. The van der Waals surface area contributed by atoms with Gasteiger partial charge in [-0.05, 0) is 6.42 Å². The minimum Gasteiger partial charge on any atom is -0.377 e. The second kappa shape index (κ2) is 4.94. The van der Waals surface area contributed by atoms with Gasteiger partial charge in [-0.15, -0.1) is 0 Å². The van der Waals surface area contributed by atoms with Gasteiger partial charge in [-0.1, -0.05) is 12.1 Å². The Morgan fingerprint density at radius 1 is 1.62 bits per heavy atom. The van der Waals surface area contributed by atoms with Crippen molar-refractivity contribution in [3.63, 3.8) is 0 Å². The van der Waals surface area contributed by atoms with Crippen LogP contribution in [0.2, 0.25) is 0 Å². The second-order valence-corrected chi connectivity index (χ2v) is 2.91. The van der Waals surface area contributed by atoms with E-state index in [9.17, 15) is 0 Å². The maximum Gasteiger partial charge on any atom is 0.228 e. The number of methoxy groups -OCH3 is 1. The molecule has 0 aliphatic carbocycles. The van der Waals surface area contributed by atoms with Crippen molar-refractivity contribution in [3.8, 4) is 0 Å². The van der Waals surface area contributed by atoms with Crippen molar-refractivity contribution in [2.75, 3.05) is 7.11 Å². The first kappa shape index (κ1) is 10.1. The summed E-state index contributed by atoms with van der Waals surface area (Å²) >= 11 is 0. The number of ether oxygens (including phenoxy) is 1. The normalized spacial score (nSPS) is 13.2. The number of nitrogens with zero attached hydrogens (tertiary/aromatic N) is 2. The third-order valence-corrected chi connectivity index (χ3v) is 1.74. The van der Waals surface area contributed by atoms with E-state index in [1.165, 1.54) is 0 Å². The Hall–Kier alpha value is -0.940. The number of nitrogens with two attached hydrogens (primary N) is 1. The van der Waals surface area contributed by atoms with Crippen LogP contribution in [0, 0.1) is 0 Å². The number of hydrogen-bond acceptors (Lipinski definition) is 5. The molecule has 1 aromatic heterocycles. The first-order chi connectivity index (χ1) is 6.26. The molecule has 1 rings (SSSR count). The van der Waals surface area contributed by atoms with Crippen LogP contribution in [0.3, 0.4) is 0 Å². The summed E-state index contributed by atoms with van der Waals surface area (Å²) in [5.74, 6) is 1.15. The van der Waals surface area contributed by atoms with Gasteiger partial charge < -0.3 is 15.0 Å². The zero-order valence-electron chi connectivity index (χ0n) is 7.99. The average Bonchev–Trinajstić information content (AvgIpc) is 2.53. The van der Waals surface area contributed by atoms with Crippen LogP contribution in [0.25, 0.3) is 0 Å². The van der Waals surface area contributed by atoms with Crippen molar-refractivity contribution >= 4 is 0 Å². The van der Waals surface area contributed by atoms with E-state index in [0.29, 0.717) is 24.7 Å². The zero-order chi connectivity index (χ0) is 9.68. The smallest absolute Gasteiger partial charge is 0.228 e. The van der Waals surface area contributed by atoms with E-state index < -0.39 is 0 Å². The Kier molecular flexibility index (Phi) is 3.85. The van der Waals surface area contributed by atoms with E-state index in [1.807, 2.05) is 6.92 Å². The topological polar surface area (TPSA) is 74.2 Å². The summed E-state index contributed by atoms with van der Waals surface area (Å²) in [7, 11) is 1.59. The Morgan fingerprint density at radius 3 is 3.00 bits per heavy atom. The highest BCUT2D eigenvalue weighted by Crippen LogP contribution is 2.02. The molecule has 13 heavy (non-hydrogen) atoms. The van der Waals surface area contributed by atoms with Gasteiger partial charge in [-0.3, -0.25) is 0 Å². The molecule has 0 aliphatic rings. The molecule has 1 unspecified atom stereocenters. The van der Waals surface area contributed by atoms with Crippen molar-refractivity contribution < 1.29 is 9.26 Å². The molecule has 1 aromatic rings. The van der Waals surface area contributed by atoms with Crippen molar-refractivity contribution in [2.24, 2.45) is 5.73 Å². The third kappa shape index (κ3) is 3.12. The Balaban J connectivity index is 2.48. The van der Waals surface area contributed by atoms with Crippen LogP contribution in [0.15, 0.2) is 4.52 Å². The monoisotopic (exact) mass is 185 g/mol. The molecule has 0 amide bonds. The van der Waals surface area contributed by atoms with Crippen LogP contribution in [-0.4, -0.2) is 23.3 Å². The minimum absolute atomic E-state index is 0.0934. The Labute approximate surface area is 77.3 Å². The molecule has 0 aliphatic heterocycles. The SMILES string of the molecule is CCC(N)Cc1nc(COC)no1. The fraction of sp³-hybridized carbons (Fsp3) is 0.750. The summed E-state index contributed by atoms with van der Waals surface area (Å²) in [5, 5.41) is 3.73. The summed E-state index contributed by atoms with van der Waals surface area (Å²) < 4.78 is 9.82. The molecule has 74 valence electrons. The fourth-order valence-electron chi connectivity index (χ4n) is 0.929. The maximum atomic E-state index is 5.73. The fourth-order valence-corrected chi connectivity index (χ4v) is 0.929. The van der Waals surface area contributed by atoms with Crippen LogP contribution in [0.1, 0.15) is 25.1 Å². The largest absolute Gasteiger partial charge is 0.377 e. The van der Waals surface area contributed by atoms with Crippen LogP contribution >= 0.6 is 0 Å². The van der Waals surface area contributed by atoms with Crippen molar-refractivity contribution in [3.05, 3.63) is 11.7 Å². The molecule has 0 spiro atoms. The van der Waals surface area contributed by atoms with E-state index in [2.05, 4.69) is 10.1 Å². The summed E-state index contributed by atoms with van der Waals surface area (Å²) in [6.07, 6.45) is 1.54. The highest BCUT2D eigenvalue weighted by Gasteiger charge is 2.09. The third-order valence-electron chi connectivity index (χ3n) is 1.74. The Bertz CT molecular complexity index is 249. The Morgan fingerprint density at radius 2 is 2.38 bits per heavy atom. The molecule has 0 radical (unpaired) electrons. The van der Waals surface area contributed by atoms with Crippen LogP contribution in [0.4, 0.5) is 0 Å². The predicted octanol–water partition coefficient (Wildman–Crippen LogP) is 0.496. The van der Waals surface area contributed by atoms with Gasteiger partial charge in [0, 0.05) is 19.6 Å². The quantitative estimate of drug-likeness (QED) is 0.722. The van der Waals surface area contributed by atoms with E-state index in [4.69, 9.17) is 15.0 Å². The van der Waals surface area contributed by atoms with Crippen LogP contribution < -0.4 is 5.73 Å². The highest BCUT2D eigenvalue weighted by atomic mass is 16.5. The molecule has 0 saturated carbocycles. The van der Waals surface area contributed by atoms with Crippen LogP contribution in [0.5, 0.6) is 0 Å². The minimum atomic E-state index is 0.0934. The number of hydrogen-bond donors (Lipinski definition) is 1. The zero-order valence-corrected chi connectivity index (χ0v) is 7.99. The maximum absolute atomic E-state index is 5.73. The van der Waals surface area contributed by atoms with Gasteiger partial charge in [0.15, 0.2) is 5.82 Å². The molecule has 5 heteroatoms. The van der Waals surface area contributed by atoms with Gasteiger partial charge in [-0.25, -0.2) is 0 Å². The predicted molar refractivity (Wildman–Crippen MR) is 47.0 cm³/mol. The lowest BCUT2D eigenvalue weighted by molar-refractivity contribution is 0.174. The lowest BCUT2D eigenvalue weighted by Crippen LogP contribution is -2.21. The van der Waals surface area contributed by atoms with E-state index in [-0.39, 0.29) is 6.04 Å². The van der Waals surface area contributed by atoms with Gasteiger partial charge in [0.05, 0.1) is 0 Å². The summed E-state index contributed by atoms with van der Waals surface area (Å²) in [4.78, 5) is 4.11. The molecule has 5 nitrogen and oxygen atoms in total. The summed E-state index contributed by atoms with van der Waals surface area (Å²) in [6, 6.07) is 0.0934. The van der Waals surface area contributed by atoms with E-state index >= 15 is 0 Å². The van der Waals surface area contributed by atoms with Crippen LogP contribution in [-0.2, 0) is 17.8 Å². The highest BCUT2D eigenvalue weighted by molar-refractivity contribution is 4.87. The number of aromatic nitrogens is 2. The first-order valence-corrected chi connectivity index (χ1v) is 4.32. The van der Waals surface area contributed by atoms with Crippen molar-refractivity contribution in [2.45, 2.75) is 32.4 Å². The summed E-state index contributed by atoms with van der Waals surface area (Å²) in [5.41, 5.74) is 5.73. The molecular weight excluding hydrogens is 170 g/mol. The summed E-state index contributed by atoms with van der Waals surface area (Å²) in [6.45, 7) is 2.40. The molecule has 1 atom stereocenters. The first-order valence-electron chi connectivity index (χ1n) is 4.32. The lowest BCUT2D eigenvalue weighted by Gasteiger charge is -2.02. The van der Waals surface area contributed by atoms with E-state index in [1.54, 1.807) is 7.11 Å². The lowest BCUT2D eigenvalue weighted by atomic mass is 10.2. The van der Waals surface area contributed by atoms with Crippen molar-refractivity contribution in [1.29, 1.82) is 0 Å². The van der Waals surface area contributed by atoms with Gasteiger partial charge in [0.1, 0.15) is 6.61 Å².